The maximum atomic E-state index is 11.7. The van der Waals surface area contributed by atoms with E-state index in [4.69, 9.17) is 9.52 Å². The van der Waals surface area contributed by atoms with E-state index in [1.165, 1.54) is 6.26 Å². The van der Waals surface area contributed by atoms with Gasteiger partial charge in [0.1, 0.15) is 17.8 Å². The average molecular weight is 245 g/mol. The molecule has 1 heterocycles. The second-order valence-electron chi connectivity index (χ2n) is 4.12. The summed E-state index contributed by atoms with van der Waals surface area (Å²) in [7, 11) is 0. The highest BCUT2D eigenvalue weighted by Crippen LogP contribution is 2.10. The second-order valence-corrected chi connectivity index (χ2v) is 4.12. The standard InChI is InChI=1S/C14H15NO3/c1-10-8-12(9-18-10)14(17)15-7-6-11-2-4-13(16)5-3-11/h2-5,8-9,16H,6-7H2,1H3,(H,15,17). The highest BCUT2D eigenvalue weighted by Gasteiger charge is 2.07. The van der Waals surface area contributed by atoms with Gasteiger partial charge in [0.25, 0.3) is 5.91 Å². The highest BCUT2D eigenvalue weighted by atomic mass is 16.3. The zero-order valence-corrected chi connectivity index (χ0v) is 10.1. The minimum atomic E-state index is -0.134. The fraction of sp³-hybridized carbons (Fsp3) is 0.214. The van der Waals surface area contributed by atoms with Gasteiger partial charge in [0.2, 0.25) is 0 Å². The lowest BCUT2D eigenvalue weighted by molar-refractivity contribution is 0.0953. The van der Waals surface area contributed by atoms with Crippen LogP contribution in [0.4, 0.5) is 0 Å². The SMILES string of the molecule is Cc1cc(C(=O)NCCc2ccc(O)cc2)co1. The topological polar surface area (TPSA) is 62.5 Å². The third-order valence-corrected chi connectivity index (χ3v) is 2.63. The molecule has 0 saturated heterocycles. The Morgan fingerprint density at radius 3 is 2.67 bits per heavy atom. The lowest BCUT2D eigenvalue weighted by Gasteiger charge is -2.03. The molecule has 2 N–H and O–H groups in total. The lowest BCUT2D eigenvalue weighted by atomic mass is 10.1. The van der Waals surface area contributed by atoms with Crippen LogP contribution >= 0.6 is 0 Å². The van der Waals surface area contributed by atoms with Gasteiger partial charge in [0, 0.05) is 6.54 Å². The van der Waals surface area contributed by atoms with Crippen molar-refractivity contribution in [1.82, 2.24) is 5.32 Å². The highest BCUT2D eigenvalue weighted by molar-refractivity contribution is 5.93. The molecule has 2 aromatic rings. The Hall–Kier alpha value is -2.23. The molecule has 1 aromatic heterocycles. The van der Waals surface area contributed by atoms with Crippen molar-refractivity contribution in [1.29, 1.82) is 0 Å². The number of carbonyl (C=O) groups is 1. The molecule has 2 rings (SSSR count). The van der Waals surface area contributed by atoms with E-state index in [9.17, 15) is 4.79 Å². The van der Waals surface area contributed by atoms with Gasteiger partial charge in [-0.2, -0.15) is 0 Å². The Labute approximate surface area is 105 Å². The van der Waals surface area contributed by atoms with Gasteiger partial charge in [0.15, 0.2) is 0 Å². The maximum Gasteiger partial charge on any atom is 0.254 e. The fourth-order valence-corrected chi connectivity index (χ4v) is 1.65. The van der Waals surface area contributed by atoms with E-state index in [1.54, 1.807) is 25.1 Å². The van der Waals surface area contributed by atoms with Gasteiger partial charge in [-0.1, -0.05) is 12.1 Å². The van der Waals surface area contributed by atoms with E-state index >= 15 is 0 Å². The van der Waals surface area contributed by atoms with Gasteiger partial charge >= 0.3 is 0 Å². The van der Waals surface area contributed by atoms with Crippen LogP contribution in [0.1, 0.15) is 21.7 Å². The van der Waals surface area contributed by atoms with E-state index in [-0.39, 0.29) is 11.7 Å². The molecular formula is C14H15NO3. The number of aryl methyl sites for hydroxylation is 1. The minimum Gasteiger partial charge on any atom is -0.508 e. The number of hydrogen-bond acceptors (Lipinski definition) is 3. The molecule has 0 aliphatic carbocycles. The maximum absolute atomic E-state index is 11.7. The van der Waals surface area contributed by atoms with Crippen LogP contribution in [0.2, 0.25) is 0 Å². The third-order valence-electron chi connectivity index (χ3n) is 2.63. The summed E-state index contributed by atoms with van der Waals surface area (Å²) in [5.74, 6) is 0.834. The van der Waals surface area contributed by atoms with Crippen molar-refractivity contribution in [3.63, 3.8) is 0 Å². The summed E-state index contributed by atoms with van der Waals surface area (Å²) in [4.78, 5) is 11.7. The second kappa shape index (κ2) is 5.40. The summed E-state index contributed by atoms with van der Waals surface area (Å²) in [5.41, 5.74) is 1.61. The van der Waals surface area contributed by atoms with Crippen LogP contribution in [-0.2, 0) is 6.42 Å². The van der Waals surface area contributed by atoms with Gasteiger partial charge in [0.05, 0.1) is 5.56 Å². The van der Waals surface area contributed by atoms with E-state index in [0.717, 1.165) is 17.7 Å². The first-order valence-corrected chi connectivity index (χ1v) is 5.76. The molecule has 0 spiro atoms. The average Bonchev–Trinajstić information content (AvgIpc) is 2.78. The number of amides is 1. The summed E-state index contributed by atoms with van der Waals surface area (Å²) < 4.78 is 5.07. The van der Waals surface area contributed by atoms with Crippen LogP contribution in [0.25, 0.3) is 0 Å². The number of phenolic OH excluding ortho intramolecular Hbond substituents is 1. The Kier molecular flexibility index (Phi) is 3.67. The third kappa shape index (κ3) is 3.13. The number of aromatic hydroxyl groups is 1. The lowest BCUT2D eigenvalue weighted by Crippen LogP contribution is -2.25. The molecule has 0 fully saturated rings. The number of carbonyl (C=O) groups excluding carboxylic acids is 1. The Balaban J connectivity index is 1.82. The Morgan fingerprint density at radius 1 is 1.33 bits per heavy atom. The molecule has 18 heavy (non-hydrogen) atoms. The van der Waals surface area contributed by atoms with E-state index in [2.05, 4.69) is 5.32 Å². The molecule has 0 saturated carbocycles. The van der Waals surface area contributed by atoms with E-state index in [1.807, 2.05) is 12.1 Å². The molecular weight excluding hydrogens is 230 g/mol. The van der Waals surface area contributed by atoms with Crippen LogP contribution in [0, 0.1) is 6.92 Å². The van der Waals surface area contributed by atoms with Crippen LogP contribution in [0.5, 0.6) is 5.75 Å². The van der Waals surface area contributed by atoms with E-state index in [0.29, 0.717) is 12.1 Å². The molecule has 0 aliphatic heterocycles. The summed E-state index contributed by atoms with van der Waals surface area (Å²) >= 11 is 0. The smallest absolute Gasteiger partial charge is 0.254 e. The van der Waals surface area contributed by atoms with Crippen molar-refractivity contribution >= 4 is 5.91 Å². The molecule has 0 bridgehead atoms. The van der Waals surface area contributed by atoms with Gasteiger partial charge in [-0.25, -0.2) is 0 Å². The number of benzene rings is 1. The number of nitrogens with one attached hydrogen (secondary N) is 1. The zero-order chi connectivity index (χ0) is 13.0. The van der Waals surface area contributed by atoms with Crippen molar-refractivity contribution in [2.24, 2.45) is 0 Å². The molecule has 4 heteroatoms. The van der Waals surface area contributed by atoms with Crippen molar-refractivity contribution < 1.29 is 14.3 Å². The summed E-state index contributed by atoms with van der Waals surface area (Å²) in [6, 6.07) is 8.65. The summed E-state index contributed by atoms with van der Waals surface area (Å²) in [6.45, 7) is 2.35. The van der Waals surface area contributed by atoms with Crippen LogP contribution in [0.15, 0.2) is 41.0 Å². The fourth-order valence-electron chi connectivity index (χ4n) is 1.65. The van der Waals surface area contributed by atoms with E-state index < -0.39 is 0 Å². The summed E-state index contributed by atoms with van der Waals surface area (Å²) in [5, 5.41) is 12.0. The normalized spacial score (nSPS) is 10.3. The Morgan fingerprint density at radius 2 is 2.06 bits per heavy atom. The minimum absolute atomic E-state index is 0.134. The molecule has 0 unspecified atom stereocenters. The predicted octanol–water partition coefficient (Wildman–Crippen LogP) is 2.27. The first-order valence-electron chi connectivity index (χ1n) is 5.76. The van der Waals surface area contributed by atoms with Crippen molar-refractivity contribution in [3.8, 4) is 5.75 Å². The molecule has 0 atom stereocenters. The molecule has 4 nitrogen and oxygen atoms in total. The zero-order valence-electron chi connectivity index (χ0n) is 10.1. The molecule has 0 radical (unpaired) electrons. The van der Waals surface area contributed by atoms with Crippen LogP contribution in [0.3, 0.4) is 0 Å². The number of hydrogen-bond donors (Lipinski definition) is 2. The number of furan rings is 1. The van der Waals surface area contributed by atoms with Crippen LogP contribution in [-0.4, -0.2) is 17.6 Å². The summed E-state index contributed by atoms with van der Waals surface area (Å²) in [6.07, 6.45) is 2.17. The van der Waals surface area contributed by atoms with Gasteiger partial charge in [-0.05, 0) is 37.1 Å². The molecule has 1 aromatic carbocycles. The molecule has 1 amide bonds. The van der Waals surface area contributed by atoms with Crippen molar-refractivity contribution in [2.75, 3.05) is 6.54 Å². The predicted molar refractivity (Wildman–Crippen MR) is 67.6 cm³/mol. The number of rotatable bonds is 4. The monoisotopic (exact) mass is 245 g/mol. The largest absolute Gasteiger partial charge is 0.508 e. The first-order chi connectivity index (χ1) is 8.65. The Bertz CT molecular complexity index is 528. The molecule has 0 aliphatic rings. The van der Waals surface area contributed by atoms with Gasteiger partial charge in [-0.3, -0.25) is 4.79 Å². The number of phenols is 1. The first kappa shape index (κ1) is 12.2. The van der Waals surface area contributed by atoms with Gasteiger partial charge < -0.3 is 14.8 Å². The molecule has 94 valence electrons. The van der Waals surface area contributed by atoms with Gasteiger partial charge in [-0.15, -0.1) is 0 Å². The van der Waals surface area contributed by atoms with Crippen molar-refractivity contribution in [3.05, 3.63) is 53.5 Å². The quantitative estimate of drug-likeness (QED) is 0.868. The van der Waals surface area contributed by atoms with Crippen LogP contribution < -0.4 is 5.32 Å². The van der Waals surface area contributed by atoms with Crippen molar-refractivity contribution in [2.45, 2.75) is 13.3 Å².